The number of likely N-dealkylation sites (tertiary alicyclic amines) is 1. The van der Waals surface area contributed by atoms with Gasteiger partial charge in [-0.25, -0.2) is 0 Å². The Morgan fingerprint density at radius 2 is 1.90 bits per heavy atom. The lowest BCUT2D eigenvalue weighted by molar-refractivity contribution is -0.139. The molecule has 3 heteroatoms. The van der Waals surface area contributed by atoms with Gasteiger partial charge in [-0.3, -0.25) is 4.79 Å². The fraction of sp³-hybridized carbons (Fsp3) is 0.588. The highest BCUT2D eigenvalue weighted by atomic mass is 16.2. The number of piperidine rings is 1. The van der Waals surface area contributed by atoms with E-state index in [1.165, 1.54) is 0 Å². The zero-order valence-corrected chi connectivity index (χ0v) is 13.0. The summed E-state index contributed by atoms with van der Waals surface area (Å²) in [6.07, 6.45) is 0.879. The maximum Gasteiger partial charge on any atom is 0.232 e. The number of nitrogens with zero attached hydrogens (tertiary/aromatic N) is 1. The predicted octanol–water partition coefficient (Wildman–Crippen LogP) is 2.55. The molecular formula is C17H26N2O. The topological polar surface area (TPSA) is 46.3 Å². The van der Waals surface area contributed by atoms with Crippen LogP contribution in [0.5, 0.6) is 0 Å². The standard InChI is InChI=1S/C17H26N2O/c1-16(2)12-19(11-10-14(16)18)15(20)17(3,4)13-8-6-5-7-9-13/h5-9,14H,10-12,18H2,1-4H3. The molecule has 0 saturated carbocycles. The third-order valence-electron chi connectivity index (χ3n) is 4.63. The molecule has 110 valence electrons. The van der Waals surface area contributed by atoms with Crippen LogP contribution < -0.4 is 5.73 Å². The highest BCUT2D eigenvalue weighted by Gasteiger charge is 2.40. The fourth-order valence-electron chi connectivity index (χ4n) is 2.92. The molecule has 1 fully saturated rings. The summed E-state index contributed by atoms with van der Waals surface area (Å²) in [6, 6.07) is 10.2. The van der Waals surface area contributed by atoms with Crippen LogP contribution in [0.15, 0.2) is 30.3 Å². The van der Waals surface area contributed by atoms with Crippen LogP contribution in [-0.2, 0) is 10.2 Å². The van der Waals surface area contributed by atoms with Crippen molar-refractivity contribution in [1.29, 1.82) is 0 Å². The first kappa shape index (κ1) is 15.0. The van der Waals surface area contributed by atoms with Gasteiger partial charge in [0.25, 0.3) is 0 Å². The molecule has 3 nitrogen and oxygen atoms in total. The van der Waals surface area contributed by atoms with E-state index in [0.717, 1.165) is 25.1 Å². The molecule has 1 saturated heterocycles. The molecule has 1 atom stereocenters. The highest BCUT2D eigenvalue weighted by Crippen LogP contribution is 2.32. The Hall–Kier alpha value is -1.35. The number of nitrogens with two attached hydrogens (primary N) is 1. The fourth-order valence-corrected chi connectivity index (χ4v) is 2.92. The Bertz CT molecular complexity index is 479. The second-order valence-electron chi connectivity index (χ2n) is 7.10. The highest BCUT2D eigenvalue weighted by molar-refractivity contribution is 5.87. The van der Waals surface area contributed by atoms with E-state index in [9.17, 15) is 4.79 Å². The largest absolute Gasteiger partial charge is 0.341 e. The van der Waals surface area contributed by atoms with E-state index in [1.807, 2.05) is 49.1 Å². The van der Waals surface area contributed by atoms with Gasteiger partial charge in [-0.15, -0.1) is 0 Å². The van der Waals surface area contributed by atoms with Crippen molar-refractivity contribution in [3.63, 3.8) is 0 Å². The minimum Gasteiger partial charge on any atom is -0.341 e. The Balaban J connectivity index is 2.19. The summed E-state index contributed by atoms with van der Waals surface area (Å²) in [5.41, 5.74) is 6.72. The second kappa shape index (κ2) is 5.21. The molecule has 1 heterocycles. The van der Waals surface area contributed by atoms with E-state index in [2.05, 4.69) is 13.8 Å². The van der Waals surface area contributed by atoms with Crippen molar-refractivity contribution in [1.82, 2.24) is 4.90 Å². The summed E-state index contributed by atoms with van der Waals surface area (Å²) >= 11 is 0. The number of hydrogen-bond donors (Lipinski definition) is 1. The van der Waals surface area contributed by atoms with Crippen molar-refractivity contribution in [2.75, 3.05) is 13.1 Å². The molecule has 1 aliphatic rings. The zero-order chi connectivity index (χ0) is 15.0. The first-order valence-electron chi connectivity index (χ1n) is 7.35. The maximum atomic E-state index is 12.9. The molecule has 1 aromatic carbocycles. The van der Waals surface area contributed by atoms with E-state index >= 15 is 0 Å². The van der Waals surface area contributed by atoms with E-state index in [0.29, 0.717) is 0 Å². The SMILES string of the molecule is CC(C)(C(=O)N1CCC(N)C(C)(C)C1)c1ccccc1. The molecule has 1 aromatic rings. The Morgan fingerprint density at radius 1 is 1.30 bits per heavy atom. The second-order valence-corrected chi connectivity index (χ2v) is 7.10. The molecule has 0 spiro atoms. The summed E-state index contributed by atoms with van der Waals surface area (Å²) in [7, 11) is 0. The van der Waals surface area contributed by atoms with Crippen molar-refractivity contribution < 1.29 is 4.79 Å². The Labute approximate surface area is 122 Å². The average molecular weight is 274 g/mol. The minimum atomic E-state index is -0.487. The van der Waals surface area contributed by atoms with Crippen LogP contribution in [0.3, 0.4) is 0 Å². The van der Waals surface area contributed by atoms with Gasteiger partial charge in [0.15, 0.2) is 0 Å². The molecule has 0 bridgehead atoms. The molecule has 1 amide bonds. The molecule has 0 aliphatic carbocycles. The number of carbonyl (C=O) groups is 1. The monoisotopic (exact) mass is 274 g/mol. The van der Waals surface area contributed by atoms with Crippen LogP contribution >= 0.6 is 0 Å². The average Bonchev–Trinajstić information content (AvgIpc) is 2.42. The van der Waals surface area contributed by atoms with E-state index in [4.69, 9.17) is 5.73 Å². The molecule has 0 radical (unpaired) electrons. The summed E-state index contributed by atoms with van der Waals surface area (Å²) in [5, 5.41) is 0. The maximum absolute atomic E-state index is 12.9. The van der Waals surface area contributed by atoms with E-state index in [-0.39, 0.29) is 17.4 Å². The van der Waals surface area contributed by atoms with Crippen LogP contribution in [0.4, 0.5) is 0 Å². The number of carbonyl (C=O) groups excluding carboxylic acids is 1. The number of benzene rings is 1. The first-order chi connectivity index (χ1) is 9.25. The minimum absolute atomic E-state index is 0.0132. The number of hydrogen-bond acceptors (Lipinski definition) is 2. The van der Waals surface area contributed by atoms with Crippen LogP contribution in [0.2, 0.25) is 0 Å². The summed E-state index contributed by atoms with van der Waals surface area (Å²) in [6.45, 7) is 9.81. The van der Waals surface area contributed by atoms with Crippen LogP contribution in [-0.4, -0.2) is 29.9 Å². The van der Waals surface area contributed by atoms with Crippen molar-refractivity contribution in [2.24, 2.45) is 11.1 Å². The lowest BCUT2D eigenvalue weighted by Gasteiger charge is -2.45. The van der Waals surface area contributed by atoms with Gasteiger partial charge in [0.2, 0.25) is 5.91 Å². The number of rotatable bonds is 2. The van der Waals surface area contributed by atoms with Gasteiger partial charge in [0.1, 0.15) is 0 Å². The van der Waals surface area contributed by atoms with Gasteiger partial charge >= 0.3 is 0 Å². The van der Waals surface area contributed by atoms with Gasteiger partial charge in [0, 0.05) is 19.1 Å². The molecular weight excluding hydrogens is 248 g/mol. The van der Waals surface area contributed by atoms with E-state index < -0.39 is 5.41 Å². The summed E-state index contributed by atoms with van der Waals surface area (Å²) in [5.74, 6) is 0.198. The Morgan fingerprint density at radius 3 is 2.45 bits per heavy atom. The normalized spacial score (nSPS) is 22.6. The molecule has 1 aliphatic heterocycles. The van der Waals surface area contributed by atoms with Crippen molar-refractivity contribution >= 4 is 5.91 Å². The van der Waals surface area contributed by atoms with Crippen molar-refractivity contribution in [3.8, 4) is 0 Å². The van der Waals surface area contributed by atoms with Crippen molar-refractivity contribution in [3.05, 3.63) is 35.9 Å². The number of amides is 1. The third kappa shape index (κ3) is 2.73. The quantitative estimate of drug-likeness (QED) is 0.901. The van der Waals surface area contributed by atoms with Crippen LogP contribution in [0.25, 0.3) is 0 Å². The van der Waals surface area contributed by atoms with Gasteiger partial charge in [-0.2, -0.15) is 0 Å². The molecule has 1 unspecified atom stereocenters. The van der Waals surface area contributed by atoms with Crippen LogP contribution in [0.1, 0.15) is 39.7 Å². The molecule has 2 rings (SSSR count). The molecule has 20 heavy (non-hydrogen) atoms. The smallest absolute Gasteiger partial charge is 0.232 e. The molecule has 2 N–H and O–H groups in total. The Kier molecular flexibility index (Phi) is 3.92. The first-order valence-corrected chi connectivity index (χ1v) is 7.35. The van der Waals surface area contributed by atoms with Gasteiger partial charge in [-0.05, 0) is 31.2 Å². The molecule has 0 aromatic heterocycles. The summed E-state index contributed by atoms with van der Waals surface area (Å²) < 4.78 is 0. The zero-order valence-electron chi connectivity index (χ0n) is 13.0. The summed E-state index contributed by atoms with van der Waals surface area (Å²) in [4.78, 5) is 14.9. The lowest BCUT2D eigenvalue weighted by Crippen LogP contribution is -2.56. The van der Waals surface area contributed by atoms with Gasteiger partial charge < -0.3 is 10.6 Å². The van der Waals surface area contributed by atoms with Gasteiger partial charge in [-0.1, -0.05) is 44.2 Å². The predicted molar refractivity (Wildman–Crippen MR) is 82.4 cm³/mol. The van der Waals surface area contributed by atoms with Crippen molar-refractivity contribution in [2.45, 2.75) is 45.6 Å². The lowest BCUT2D eigenvalue weighted by atomic mass is 9.77. The third-order valence-corrected chi connectivity index (χ3v) is 4.63. The van der Waals surface area contributed by atoms with Gasteiger partial charge in [0.05, 0.1) is 5.41 Å². The van der Waals surface area contributed by atoms with Crippen LogP contribution in [0, 0.1) is 5.41 Å². The van der Waals surface area contributed by atoms with E-state index in [1.54, 1.807) is 0 Å².